The molecule has 0 bridgehead atoms. The van der Waals surface area contributed by atoms with E-state index < -0.39 is 0 Å². The quantitative estimate of drug-likeness (QED) is 0.670. The Bertz CT molecular complexity index is 1070. The first-order valence-electron chi connectivity index (χ1n) is 10.1. The molecule has 3 aliphatic rings. The van der Waals surface area contributed by atoms with E-state index in [0.29, 0.717) is 25.4 Å². The summed E-state index contributed by atoms with van der Waals surface area (Å²) in [5, 5.41) is 5.63. The molecule has 29 heavy (non-hydrogen) atoms. The van der Waals surface area contributed by atoms with Crippen LogP contribution in [0.5, 0.6) is 0 Å². The van der Waals surface area contributed by atoms with Crippen LogP contribution in [0.1, 0.15) is 35.4 Å². The van der Waals surface area contributed by atoms with Gasteiger partial charge in [0.1, 0.15) is 11.2 Å². The van der Waals surface area contributed by atoms with Gasteiger partial charge >= 0.3 is 0 Å². The number of hydrogen-bond acceptors (Lipinski definition) is 5. The number of nitrogens with one attached hydrogen (secondary N) is 1. The zero-order valence-corrected chi connectivity index (χ0v) is 16.8. The van der Waals surface area contributed by atoms with E-state index >= 15 is 0 Å². The molecule has 2 saturated heterocycles. The minimum Gasteiger partial charge on any atom is -0.372 e. The highest BCUT2D eigenvalue weighted by Gasteiger charge is 2.54. The molecule has 2 aromatic heterocycles. The molecule has 1 aromatic carbocycles. The molecule has 1 amide bonds. The summed E-state index contributed by atoms with van der Waals surface area (Å²) in [6, 6.07) is 12.7. The maximum Gasteiger partial charge on any atom is 0.273 e. The van der Waals surface area contributed by atoms with Gasteiger partial charge in [-0.2, -0.15) is 0 Å². The first-order chi connectivity index (χ1) is 14.2. The second-order valence-corrected chi connectivity index (χ2v) is 9.02. The Hall–Kier alpha value is -2.64. The van der Waals surface area contributed by atoms with E-state index in [-0.39, 0.29) is 17.0 Å². The Morgan fingerprint density at radius 3 is 2.86 bits per heavy atom. The molecule has 3 aliphatic heterocycles. The lowest BCUT2D eigenvalue weighted by atomic mass is 9.79. The van der Waals surface area contributed by atoms with Crippen LogP contribution < -0.4 is 5.32 Å². The van der Waals surface area contributed by atoms with Gasteiger partial charge in [0.2, 0.25) is 0 Å². The Morgan fingerprint density at radius 2 is 2.03 bits per heavy atom. The van der Waals surface area contributed by atoms with Crippen molar-refractivity contribution in [3.63, 3.8) is 0 Å². The van der Waals surface area contributed by atoms with Gasteiger partial charge in [-0.05, 0) is 37.1 Å². The minimum absolute atomic E-state index is 0.0346. The van der Waals surface area contributed by atoms with Gasteiger partial charge in [-0.25, -0.2) is 4.98 Å². The maximum atomic E-state index is 12.6. The average Bonchev–Trinajstić information content (AvgIpc) is 3.50. The second kappa shape index (κ2) is 6.18. The molecule has 7 heteroatoms. The molecule has 6 rings (SSSR count). The van der Waals surface area contributed by atoms with Gasteiger partial charge in [0.15, 0.2) is 0 Å². The Kier molecular flexibility index (Phi) is 3.67. The van der Waals surface area contributed by atoms with Crippen LogP contribution >= 0.6 is 11.3 Å². The summed E-state index contributed by atoms with van der Waals surface area (Å²) in [6.07, 6.45) is 4.76. The monoisotopic (exact) mass is 406 g/mol. The molecule has 6 nitrogen and oxygen atoms in total. The van der Waals surface area contributed by atoms with Crippen molar-refractivity contribution >= 4 is 22.9 Å². The lowest BCUT2D eigenvalue weighted by molar-refractivity contribution is -0.0393. The molecular formula is C22H22N4O2S. The highest BCUT2D eigenvalue weighted by molar-refractivity contribution is 7.07. The minimum atomic E-state index is -0.223. The van der Waals surface area contributed by atoms with E-state index in [1.807, 2.05) is 10.3 Å². The Labute approximate surface area is 173 Å². The van der Waals surface area contributed by atoms with Crippen LogP contribution in [0.4, 0.5) is 5.69 Å². The lowest BCUT2D eigenvalue weighted by Gasteiger charge is -2.41. The molecule has 1 atom stereocenters. The number of piperidine rings is 1. The third-order valence-electron chi connectivity index (χ3n) is 6.64. The maximum absolute atomic E-state index is 12.6. The fourth-order valence-electron chi connectivity index (χ4n) is 5.18. The van der Waals surface area contributed by atoms with Crippen LogP contribution in [-0.2, 0) is 10.3 Å². The normalized spacial score (nSPS) is 24.3. The molecule has 5 heterocycles. The third kappa shape index (κ3) is 2.57. The van der Waals surface area contributed by atoms with Crippen molar-refractivity contribution in [2.24, 2.45) is 0 Å². The lowest BCUT2D eigenvalue weighted by Crippen LogP contribution is -2.48. The van der Waals surface area contributed by atoms with E-state index in [1.54, 1.807) is 5.51 Å². The van der Waals surface area contributed by atoms with Gasteiger partial charge < -0.3 is 19.5 Å². The van der Waals surface area contributed by atoms with Crippen molar-refractivity contribution < 1.29 is 9.53 Å². The van der Waals surface area contributed by atoms with E-state index in [0.717, 1.165) is 24.9 Å². The molecule has 1 N–H and O–H groups in total. The van der Waals surface area contributed by atoms with Gasteiger partial charge in [-0.1, -0.05) is 12.1 Å². The Morgan fingerprint density at radius 1 is 1.17 bits per heavy atom. The molecule has 0 radical (unpaired) electrons. The number of carbonyl (C=O) groups excluding carboxylic acids is 1. The first kappa shape index (κ1) is 17.2. The van der Waals surface area contributed by atoms with Gasteiger partial charge in [0.25, 0.3) is 5.91 Å². The SMILES string of the molecule is O=C(c1cscn1)N1CCC2(CC1)C[C@]1(CO2)Nc2ccccc2-n2cccc21. The third-order valence-corrected chi connectivity index (χ3v) is 7.23. The molecule has 0 aliphatic carbocycles. The van der Waals surface area contributed by atoms with Crippen LogP contribution in [0.25, 0.3) is 5.69 Å². The van der Waals surface area contributed by atoms with Crippen LogP contribution in [0.15, 0.2) is 53.5 Å². The largest absolute Gasteiger partial charge is 0.372 e. The summed E-state index contributed by atoms with van der Waals surface area (Å²) < 4.78 is 8.79. The molecular weight excluding hydrogens is 384 g/mol. The molecule has 3 aromatic rings. The smallest absolute Gasteiger partial charge is 0.273 e. The van der Waals surface area contributed by atoms with Crippen molar-refractivity contribution in [3.05, 3.63) is 64.9 Å². The molecule has 0 saturated carbocycles. The van der Waals surface area contributed by atoms with E-state index in [4.69, 9.17) is 4.74 Å². The Balaban J connectivity index is 1.25. The van der Waals surface area contributed by atoms with Crippen LogP contribution in [0, 0.1) is 0 Å². The standard InChI is InChI=1S/C22H22N4O2S/c27-20(17-12-29-15-23-17)25-10-7-21(8-11-25)13-22(14-28-21)19-6-3-9-26(19)18-5-2-1-4-16(18)24-22/h1-6,9,12,15,24H,7-8,10-11,13-14H2/t22-/m1/s1. The van der Waals surface area contributed by atoms with Crippen molar-refractivity contribution in [2.75, 3.05) is 25.0 Å². The van der Waals surface area contributed by atoms with Gasteiger partial charge in [-0.15, -0.1) is 11.3 Å². The highest BCUT2D eigenvalue weighted by Crippen LogP contribution is 2.50. The topological polar surface area (TPSA) is 59.4 Å². The summed E-state index contributed by atoms with van der Waals surface area (Å²) in [7, 11) is 0. The summed E-state index contributed by atoms with van der Waals surface area (Å²) in [6.45, 7) is 2.07. The fourth-order valence-corrected chi connectivity index (χ4v) is 5.71. The summed E-state index contributed by atoms with van der Waals surface area (Å²) in [5.41, 5.74) is 5.44. The number of aromatic nitrogens is 2. The van der Waals surface area contributed by atoms with E-state index in [1.165, 1.54) is 22.7 Å². The summed E-state index contributed by atoms with van der Waals surface area (Å²) in [5.74, 6) is 0.0346. The number of rotatable bonds is 1. The number of nitrogens with zero attached hydrogens (tertiary/aromatic N) is 3. The molecule has 148 valence electrons. The molecule has 0 unspecified atom stereocenters. The number of anilines is 1. The molecule has 2 fully saturated rings. The van der Waals surface area contributed by atoms with Gasteiger partial charge in [-0.3, -0.25) is 4.79 Å². The number of benzene rings is 1. The second-order valence-electron chi connectivity index (χ2n) is 8.30. The zero-order valence-electron chi connectivity index (χ0n) is 16.0. The van der Waals surface area contributed by atoms with Crippen LogP contribution in [0.3, 0.4) is 0 Å². The van der Waals surface area contributed by atoms with Crippen LogP contribution in [-0.4, -0.2) is 45.7 Å². The number of hydrogen-bond donors (Lipinski definition) is 1. The number of fused-ring (bicyclic) bond motifs is 4. The highest BCUT2D eigenvalue weighted by atomic mass is 32.1. The number of thiazole rings is 1. The fraction of sp³-hybridized carbons (Fsp3) is 0.364. The number of carbonyl (C=O) groups is 1. The number of likely N-dealkylation sites (tertiary alicyclic amines) is 1. The number of para-hydroxylation sites is 2. The number of amides is 1. The van der Waals surface area contributed by atoms with Crippen LogP contribution in [0.2, 0.25) is 0 Å². The zero-order chi connectivity index (χ0) is 19.5. The predicted molar refractivity (Wildman–Crippen MR) is 112 cm³/mol. The van der Waals surface area contributed by atoms with Crippen molar-refractivity contribution in [3.8, 4) is 5.69 Å². The number of ether oxygens (including phenoxy) is 1. The van der Waals surface area contributed by atoms with Crippen molar-refractivity contribution in [2.45, 2.75) is 30.4 Å². The first-order valence-corrected chi connectivity index (χ1v) is 11.0. The average molecular weight is 407 g/mol. The van der Waals surface area contributed by atoms with Crippen molar-refractivity contribution in [1.29, 1.82) is 0 Å². The van der Waals surface area contributed by atoms with E-state index in [2.05, 4.69) is 57.5 Å². The van der Waals surface area contributed by atoms with Gasteiger partial charge in [0, 0.05) is 31.1 Å². The molecule has 2 spiro atoms. The summed E-state index contributed by atoms with van der Waals surface area (Å²) in [4.78, 5) is 18.7. The van der Waals surface area contributed by atoms with Gasteiger partial charge in [0.05, 0.1) is 34.8 Å². The van der Waals surface area contributed by atoms with Crippen molar-refractivity contribution in [1.82, 2.24) is 14.5 Å². The summed E-state index contributed by atoms with van der Waals surface area (Å²) >= 11 is 1.46. The predicted octanol–water partition coefficient (Wildman–Crippen LogP) is 3.65. The van der Waals surface area contributed by atoms with E-state index in [9.17, 15) is 4.79 Å².